The van der Waals surface area contributed by atoms with Gasteiger partial charge in [0.25, 0.3) is 0 Å². The van der Waals surface area contributed by atoms with E-state index < -0.39 is 23.8 Å². The minimum atomic E-state index is -1.30. The lowest BCUT2D eigenvalue weighted by Gasteiger charge is -2.31. The van der Waals surface area contributed by atoms with Crippen LogP contribution < -0.4 is 0 Å². The molecular weight excluding hydrogens is 556 g/mol. The van der Waals surface area contributed by atoms with E-state index in [-0.39, 0.29) is 12.2 Å². The summed E-state index contributed by atoms with van der Waals surface area (Å²) in [7, 11) is 0. The highest BCUT2D eigenvalue weighted by Crippen LogP contribution is 2.48. The number of benzene rings is 3. The van der Waals surface area contributed by atoms with E-state index >= 15 is 0 Å². The van der Waals surface area contributed by atoms with Crippen LogP contribution in [0.15, 0.2) is 91.0 Å². The average Bonchev–Trinajstić information content (AvgIpc) is 3.55. The molecule has 5 rings (SSSR count). The summed E-state index contributed by atoms with van der Waals surface area (Å²) in [4.78, 5) is 12.4. The topological polar surface area (TPSA) is 72.5 Å². The minimum Gasteiger partial charge on any atom is -0.373 e. The fourth-order valence-electron chi connectivity index (χ4n) is 5.91. The third-order valence-corrected chi connectivity index (χ3v) is 8.40. The van der Waals surface area contributed by atoms with Crippen LogP contribution in [0.1, 0.15) is 69.1 Å². The summed E-state index contributed by atoms with van der Waals surface area (Å²) in [6.45, 7) is 5.58. The number of hydrogen-bond donors (Lipinski definition) is 0. The van der Waals surface area contributed by atoms with Crippen LogP contribution >= 0.6 is 0 Å². The fraction of sp³-hybridized carbons (Fsp3) is 0.486. The smallest absolute Gasteiger partial charge is 0.201 e. The average molecular weight is 603 g/mol. The van der Waals surface area contributed by atoms with Crippen LogP contribution in [0.3, 0.4) is 0 Å². The maximum absolute atomic E-state index is 12.4. The van der Waals surface area contributed by atoms with Crippen LogP contribution in [0.2, 0.25) is 0 Å². The summed E-state index contributed by atoms with van der Waals surface area (Å²) in [5.41, 5.74) is 1.90. The molecule has 0 amide bonds. The van der Waals surface area contributed by atoms with Crippen molar-refractivity contribution in [3.8, 4) is 0 Å². The maximum Gasteiger partial charge on any atom is 0.201 e. The van der Waals surface area contributed by atoms with E-state index in [1.165, 1.54) is 0 Å². The molecule has 0 aromatic heterocycles. The van der Waals surface area contributed by atoms with Crippen molar-refractivity contribution < 1.29 is 33.2 Å². The molecule has 236 valence electrons. The Morgan fingerprint density at radius 1 is 0.818 bits per heavy atom. The van der Waals surface area contributed by atoms with Crippen LogP contribution in [0.5, 0.6) is 0 Å². The number of rotatable bonds is 17. The Kier molecular flexibility index (Phi) is 11.7. The summed E-state index contributed by atoms with van der Waals surface area (Å²) in [6, 6.07) is 30.1. The molecule has 1 aliphatic heterocycles. The number of carbonyl (C=O) groups excluding carboxylic acids is 1. The van der Waals surface area contributed by atoms with E-state index in [1.807, 2.05) is 78.9 Å². The van der Waals surface area contributed by atoms with Gasteiger partial charge in [-0.15, -0.1) is 0 Å². The Morgan fingerprint density at radius 2 is 1.41 bits per heavy atom. The van der Waals surface area contributed by atoms with Crippen molar-refractivity contribution in [3.05, 3.63) is 108 Å². The summed E-state index contributed by atoms with van der Waals surface area (Å²) >= 11 is 0. The van der Waals surface area contributed by atoms with Crippen LogP contribution in [0, 0.1) is 0 Å². The molecule has 2 aliphatic rings. The lowest BCUT2D eigenvalue weighted by molar-refractivity contribution is -0.260. The van der Waals surface area contributed by atoms with E-state index in [0.717, 1.165) is 48.7 Å². The molecule has 2 unspecified atom stereocenters. The molecule has 2 fully saturated rings. The molecule has 0 N–H and O–H groups in total. The van der Waals surface area contributed by atoms with Crippen molar-refractivity contribution >= 4 is 6.29 Å². The highest BCUT2D eigenvalue weighted by molar-refractivity contribution is 5.63. The molecule has 6 atom stereocenters. The molecule has 0 bridgehead atoms. The normalized spacial score (nSPS) is 27.1. The Hall–Kier alpha value is -2.91. The van der Waals surface area contributed by atoms with E-state index in [0.29, 0.717) is 39.3 Å². The Balaban J connectivity index is 1.30. The van der Waals surface area contributed by atoms with Crippen molar-refractivity contribution in [1.29, 1.82) is 0 Å². The van der Waals surface area contributed by atoms with Crippen LogP contribution in [-0.4, -0.2) is 48.9 Å². The van der Waals surface area contributed by atoms with Crippen LogP contribution in [0.25, 0.3) is 0 Å². The first-order valence-electron chi connectivity index (χ1n) is 15.9. The predicted octanol–water partition coefficient (Wildman–Crippen LogP) is 7.16. The standard InChI is InChI=1S/C37H46O7/c1-3-4-8-21-32(39-24-29-15-9-5-10-16-29)27-41-34-22-33(40-25-30-17-11-6-12-18-30)23-37(34)43-35(36(2,28-38)44-37)42-26-31-19-13-7-14-20-31/h5-7,9-20,28,32-35H,3-4,8,21-27H2,1-2H3/t32-,33+,34-,35?,36?,37+/m0/s1. The van der Waals surface area contributed by atoms with Crippen molar-refractivity contribution in [2.24, 2.45) is 0 Å². The third-order valence-electron chi connectivity index (χ3n) is 8.40. The number of carbonyl (C=O) groups is 1. The predicted molar refractivity (Wildman–Crippen MR) is 168 cm³/mol. The van der Waals surface area contributed by atoms with Gasteiger partial charge in [0, 0.05) is 12.8 Å². The second-order valence-corrected chi connectivity index (χ2v) is 12.1. The van der Waals surface area contributed by atoms with Gasteiger partial charge >= 0.3 is 0 Å². The molecule has 1 saturated heterocycles. The molecule has 0 radical (unpaired) electrons. The SMILES string of the molecule is CCCCC[C@@H](CO[C@H]1C[C@@H](OCc2ccccc2)C[C@]12OC(OCc1ccccc1)C(C)(C=O)O2)OCc1ccccc1. The lowest BCUT2D eigenvalue weighted by atomic mass is 10.1. The van der Waals surface area contributed by atoms with Gasteiger partial charge in [-0.25, -0.2) is 0 Å². The van der Waals surface area contributed by atoms with Gasteiger partial charge in [0.05, 0.1) is 38.6 Å². The van der Waals surface area contributed by atoms with Crippen molar-refractivity contribution in [2.75, 3.05) is 6.61 Å². The second-order valence-electron chi connectivity index (χ2n) is 12.1. The second kappa shape index (κ2) is 15.9. The van der Waals surface area contributed by atoms with E-state index in [4.69, 9.17) is 28.4 Å². The van der Waals surface area contributed by atoms with Crippen molar-refractivity contribution in [2.45, 2.75) is 108 Å². The summed E-state index contributed by atoms with van der Waals surface area (Å²) in [5, 5.41) is 0. The van der Waals surface area contributed by atoms with Gasteiger partial charge in [-0.3, -0.25) is 4.79 Å². The number of hydrogen-bond acceptors (Lipinski definition) is 7. The number of unbranched alkanes of at least 4 members (excludes halogenated alkanes) is 2. The van der Waals surface area contributed by atoms with Crippen molar-refractivity contribution in [3.63, 3.8) is 0 Å². The van der Waals surface area contributed by atoms with Gasteiger partial charge in [0.1, 0.15) is 6.10 Å². The molecule has 1 spiro atoms. The monoisotopic (exact) mass is 602 g/mol. The third kappa shape index (κ3) is 8.62. The van der Waals surface area contributed by atoms with Gasteiger partial charge in [-0.2, -0.15) is 0 Å². The molecule has 3 aromatic carbocycles. The number of ether oxygens (including phenoxy) is 6. The van der Waals surface area contributed by atoms with Gasteiger partial charge in [0.15, 0.2) is 18.2 Å². The highest BCUT2D eigenvalue weighted by atomic mass is 16.8. The number of aldehydes is 1. The molecule has 1 saturated carbocycles. The molecular formula is C37H46O7. The summed E-state index contributed by atoms with van der Waals surface area (Å²) in [5.74, 6) is -1.19. The zero-order valence-electron chi connectivity index (χ0n) is 26.0. The van der Waals surface area contributed by atoms with Gasteiger partial charge in [-0.05, 0) is 30.0 Å². The van der Waals surface area contributed by atoms with Crippen LogP contribution in [-0.2, 0) is 53.0 Å². The Bertz CT molecular complexity index is 1260. The summed E-state index contributed by atoms with van der Waals surface area (Å²) in [6.07, 6.45) is 4.35. The van der Waals surface area contributed by atoms with Crippen LogP contribution in [0.4, 0.5) is 0 Å². The first-order valence-corrected chi connectivity index (χ1v) is 15.9. The lowest BCUT2D eigenvalue weighted by Crippen LogP contribution is -2.44. The fourth-order valence-corrected chi connectivity index (χ4v) is 5.91. The van der Waals surface area contributed by atoms with Gasteiger partial charge in [-0.1, -0.05) is 117 Å². The summed E-state index contributed by atoms with van der Waals surface area (Å²) < 4.78 is 38.6. The molecule has 7 heteroatoms. The zero-order valence-corrected chi connectivity index (χ0v) is 26.0. The van der Waals surface area contributed by atoms with E-state index in [9.17, 15) is 4.79 Å². The van der Waals surface area contributed by atoms with Crippen molar-refractivity contribution in [1.82, 2.24) is 0 Å². The largest absolute Gasteiger partial charge is 0.373 e. The first-order chi connectivity index (χ1) is 21.5. The van der Waals surface area contributed by atoms with E-state index in [1.54, 1.807) is 6.92 Å². The molecule has 1 aliphatic carbocycles. The van der Waals surface area contributed by atoms with Gasteiger partial charge in [0.2, 0.25) is 5.79 Å². The first kappa shape index (κ1) is 32.5. The molecule has 1 heterocycles. The molecule has 3 aromatic rings. The van der Waals surface area contributed by atoms with Gasteiger partial charge < -0.3 is 28.4 Å². The molecule has 44 heavy (non-hydrogen) atoms. The highest BCUT2D eigenvalue weighted by Gasteiger charge is 2.63. The minimum absolute atomic E-state index is 0.0907. The Labute approximate surface area is 261 Å². The molecule has 7 nitrogen and oxygen atoms in total. The zero-order chi connectivity index (χ0) is 30.7. The maximum atomic E-state index is 12.4. The Morgan fingerprint density at radius 3 is 2.00 bits per heavy atom. The quantitative estimate of drug-likeness (QED) is 0.120. The van der Waals surface area contributed by atoms with E-state index in [2.05, 4.69) is 19.1 Å².